The van der Waals surface area contributed by atoms with E-state index in [0.29, 0.717) is 11.5 Å². The number of benzene rings is 1. The first kappa shape index (κ1) is 13.6. The Morgan fingerprint density at radius 1 is 1.33 bits per heavy atom. The lowest BCUT2D eigenvalue weighted by molar-refractivity contribution is 0.133. The topological polar surface area (TPSA) is 21.3 Å². The van der Waals surface area contributed by atoms with Crippen molar-refractivity contribution in [3.05, 3.63) is 35.4 Å². The van der Waals surface area contributed by atoms with Crippen LogP contribution in [0.15, 0.2) is 24.3 Å². The van der Waals surface area contributed by atoms with Gasteiger partial charge in [0.05, 0.1) is 6.61 Å². The molecule has 2 rings (SSSR count). The molecule has 0 bridgehead atoms. The number of hydrogen-bond acceptors (Lipinski definition) is 2. The number of nitrogens with one attached hydrogen (secondary N) is 1. The minimum Gasteiger partial charge on any atom is -0.380 e. The van der Waals surface area contributed by atoms with Gasteiger partial charge in [-0.3, -0.25) is 0 Å². The summed E-state index contributed by atoms with van der Waals surface area (Å²) in [6.45, 7) is 9.29. The molecule has 2 heteroatoms. The standard InChI is InChI=1S/C16H25NO/c1-4-18-12-11-17-15-14-8-6-5-7-13(14)9-10-16(15,2)3/h5-8,15,17H,4,9-12H2,1-3H3. The number of hydrogen-bond donors (Lipinski definition) is 1. The van der Waals surface area contributed by atoms with Crippen molar-refractivity contribution in [3.63, 3.8) is 0 Å². The van der Waals surface area contributed by atoms with Crippen LogP contribution in [0, 0.1) is 5.41 Å². The lowest BCUT2D eigenvalue weighted by Gasteiger charge is -2.40. The van der Waals surface area contributed by atoms with Crippen molar-refractivity contribution in [2.45, 2.75) is 39.7 Å². The molecule has 2 nitrogen and oxygen atoms in total. The summed E-state index contributed by atoms with van der Waals surface area (Å²) >= 11 is 0. The second-order valence-corrected chi connectivity index (χ2v) is 5.77. The Morgan fingerprint density at radius 2 is 2.11 bits per heavy atom. The predicted molar refractivity (Wildman–Crippen MR) is 75.8 cm³/mol. The molecule has 0 spiro atoms. The van der Waals surface area contributed by atoms with E-state index in [-0.39, 0.29) is 0 Å². The Kier molecular flexibility index (Phi) is 4.41. The van der Waals surface area contributed by atoms with Crippen LogP contribution < -0.4 is 5.32 Å². The van der Waals surface area contributed by atoms with Crippen LogP contribution in [-0.4, -0.2) is 19.8 Å². The van der Waals surface area contributed by atoms with E-state index in [4.69, 9.17) is 4.74 Å². The summed E-state index contributed by atoms with van der Waals surface area (Å²) in [5.74, 6) is 0. The molecule has 1 atom stereocenters. The summed E-state index contributed by atoms with van der Waals surface area (Å²) < 4.78 is 5.42. The van der Waals surface area contributed by atoms with Gasteiger partial charge in [0.15, 0.2) is 0 Å². The predicted octanol–water partition coefficient (Wildman–Crippen LogP) is 3.33. The Bertz CT molecular complexity index is 386. The smallest absolute Gasteiger partial charge is 0.0590 e. The lowest BCUT2D eigenvalue weighted by Crippen LogP contribution is -2.39. The summed E-state index contributed by atoms with van der Waals surface area (Å²) in [7, 11) is 0. The average molecular weight is 247 g/mol. The van der Waals surface area contributed by atoms with Gasteiger partial charge in [-0.05, 0) is 36.3 Å². The minimum absolute atomic E-state index is 0.320. The Balaban J connectivity index is 2.09. The maximum absolute atomic E-state index is 5.42. The van der Waals surface area contributed by atoms with Crippen molar-refractivity contribution < 1.29 is 4.74 Å². The highest BCUT2D eigenvalue weighted by atomic mass is 16.5. The van der Waals surface area contributed by atoms with Crippen molar-refractivity contribution in [2.24, 2.45) is 5.41 Å². The zero-order valence-corrected chi connectivity index (χ0v) is 11.8. The van der Waals surface area contributed by atoms with Gasteiger partial charge in [0, 0.05) is 19.2 Å². The molecule has 1 aromatic rings. The number of aryl methyl sites for hydroxylation is 1. The molecule has 1 unspecified atom stereocenters. The third kappa shape index (κ3) is 2.93. The van der Waals surface area contributed by atoms with E-state index in [1.54, 1.807) is 0 Å². The number of rotatable bonds is 5. The zero-order chi connectivity index (χ0) is 13.0. The molecule has 1 aliphatic carbocycles. The Hall–Kier alpha value is -0.860. The molecule has 0 radical (unpaired) electrons. The van der Waals surface area contributed by atoms with Gasteiger partial charge in [-0.1, -0.05) is 38.1 Å². The Labute approximate surface area is 111 Å². The first-order chi connectivity index (χ1) is 8.65. The first-order valence-corrected chi connectivity index (χ1v) is 7.04. The third-order valence-corrected chi connectivity index (χ3v) is 3.99. The van der Waals surface area contributed by atoms with Crippen molar-refractivity contribution in [1.82, 2.24) is 5.32 Å². The largest absolute Gasteiger partial charge is 0.380 e. The van der Waals surface area contributed by atoms with E-state index in [0.717, 1.165) is 19.8 Å². The maximum atomic E-state index is 5.42. The lowest BCUT2D eigenvalue weighted by atomic mass is 9.70. The monoisotopic (exact) mass is 247 g/mol. The Morgan fingerprint density at radius 3 is 2.89 bits per heavy atom. The fraction of sp³-hybridized carbons (Fsp3) is 0.625. The van der Waals surface area contributed by atoms with Crippen LogP contribution in [0.3, 0.4) is 0 Å². The van der Waals surface area contributed by atoms with Crippen molar-refractivity contribution in [3.8, 4) is 0 Å². The highest BCUT2D eigenvalue weighted by molar-refractivity contribution is 5.34. The SMILES string of the molecule is CCOCCNC1c2ccccc2CCC1(C)C. The third-order valence-electron chi connectivity index (χ3n) is 3.99. The van der Waals surface area contributed by atoms with Gasteiger partial charge in [-0.15, -0.1) is 0 Å². The molecule has 0 fully saturated rings. The molecule has 0 saturated carbocycles. The minimum atomic E-state index is 0.320. The van der Waals surface area contributed by atoms with Gasteiger partial charge in [0.25, 0.3) is 0 Å². The second-order valence-electron chi connectivity index (χ2n) is 5.77. The van der Waals surface area contributed by atoms with E-state index >= 15 is 0 Å². The second kappa shape index (κ2) is 5.85. The first-order valence-electron chi connectivity index (χ1n) is 7.04. The molecule has 1 N–H and O–H groups in total. The molecule has 0 amide bonds. The summed E-state index contributed by atoms with van der Waals surface area (Å²) in [5.41, 5.74) is 3.30. The molecule has 0 heterocycles. The van der Waals surface area contributed by atoms with E-state index in [9.17, 15) is 0 Å². The summed E-state index contributed by atoms with van der Waals surface area (Å²) in [4.78, 5) is 0. The summed E-state index contributed by atoms with van der Waals surface area (Å²) in [6.07, 6.45) is 2.45. The van der Waals surface area contributed by atoms with Gasteiger partial charge >= 0.3 is 0 Å². The van der Waals surface area contributed by atoms with Gasteiger partial charge in [-0.2, -0.15) is 0 Å². The van der Waals surface area contributed by atoms with Crippen LogP contribution in [0.2, 0.25) is 0 Å². The van der Waals surface area contributed by atoms with Gasteiger partial charge in [-0.25, -0.2) is 0 Å². The van der Waals surface area contributed by atoms with Crippen molar-refractivity contribution in [2.75, 3.05) is 19.8 Å². The average Bonchev–Trinajstić information content (AvgIpc) is 2.36. The van der Waals surface area contributed by atoms with Crippen LogP contribution in [0.25, 0.3) is 0 Å². The number of fused-ring (bicyclic) bond motifs is 1. The highest BCUT2D eigenvalue weighted by Gasteiger charge is 2.34. The molecule has 0 aliphatic heterocycles. The molecule has 100 valence electrons. The quantitative estimate of drug-likeness (QED) is 0.806. The van der Waals surface area contributed by atoms with Gasteiger partial charge in [0.2, 0.25) is 0 Å². The van der Waals surface area contributed by atoms with Gasteiger partial charge in [0.1, 0.15) is 0 Å². The van der Waals surface area contributed by atoms with E-state index in [2.05, 4.69) is 43.4 Å². The van der Waals surface area contributed by atoms with Crippen LogP contribution >= 0.6 is 0 Å². The molecular weight excluding hydrogens is 222 g/mol. The molecule has 0 saturated heterocycles. The highest BCUT2D eigenvalue weighted by Crippen LogP contribution is 2.43. The van der Waals surface area contributed by atoms with Crippen LogP contribution in [0.1, 0.15) is 44.4 Å². The maximum Gasteiger partial charge on any atom is 0.0590 e. The molecule has 1 aliphatic rings. The molecule has 0 aromatic heterocycles. The normalized spacial score (nSPS) is 21.6. The molecular formula is C16H25NO. The summed E-state index contributed by atoms with van der Waals surface area (Å²) in [6, 6.07) is 9.28. The van der Waals surface area contributed by atoms with E-state index in [1.807, 2.05) is 6.92 Å². The molecule has 1 aromatic carbocycles. The van der Waals surface area contributed by atoms with Crippen LogP contribution in [0.4, 0.5) is 0 Å². The summed E-state index contributed by atoms with van der Waals surface area (Å²) in [5, 5.41) is 3.68. The van der Waals surface area contributed by atoms with Gasteiger partial charge < -0.3 is 10.1 Å². The van der Waals surface area contributed by atoms with E-state index in [1.165, 1.54) is 24.0 Å². The molecule has 18 heavy (non-hydrogen) atoms. The van der Waals surface area contributed by atoms with Crippen LogP contribution in [0.5, 0.6) is 0 Å². The van der Waals surface area contributed by atoms with E-state index < -0.39 is 0 Å². The fourth-order valence-electron chi connectivity index (χ4n) is 2.87. The van der Waals surface area contributed by atoms with Crippen molar-refractivity contribution >= 4 is 0 Å². The zero-order valence-electron chi connectivity index (χ0n) is 11.8. The number of ether oxygens (including phenoxy) is 1. The van der Waals surface area contributed by atoms with Crippen LogP contribution in [-0.2, 0) is 11.2 Å². The van der Waals surface area contributed by atoms with Crippen molar-refractivity contribution in [1.29, 1.82) is 0 Å². The fourth-order valence-corrected chi connectivity index (χ4v) is 2.87.